The number of nitrogens with zero attached hydrogens (tertiary/aromatic N) is 2. The molecule has 0 atom stereocenters. The fourth-order valence-electron chi connectivity index (χ4n) is 2.73. The van der Waals surface area contributed by atoms with Crippen molar-refractivity contribution in [3.05, 3.63) is 24.0 Å². The number of carbonyl (C=O) groups excluding carboxylic acids is 1. The third-order valence-electron chi connectivity index (χ3n) is 3.85. The van der Waals surface area contributed by atoms with Gasteiger partial charge in [-0.05, 0) is 25.0 Å². The molecule has 6 heteroatoms. The van der Waals surface area contributed by atoms with Crippen molar-refractivity contribution in [3.8, 4) is 0 Å². The van der Waals surface area contributed by atoms with Gasteiger partial charge in [-0.25, -0.2) is 4.79 Å². The third-order valence-corrected chi connectivity index (χ3v) is 3.85. The second kappa shape index (κ2) is 5.66. The van der Waals surface area contributed by atoms with E-state index >= 15 is 0 Å². The smallest absolute Gasteiger partial charge is 0.352 e. The minimum atomic E-state index is -1.06. The molecule has 2 N–H and O–H groups in total. The Kier molecular flexibility index (Phi) is 4.13. The fraction of sp³-hybridized carbons (Fsp3) is 0.571. The second-order valence-electron chi connectivity index (χ2n) is 5.51. The lowest BCUT2D eigenvalue weighted by atomic mass is 10.0. The first-order valence-corrected chi connectivity index (χ1v) is 6.76. The van der Waals surface area contributed by atoms with E-state index in [1.54, 1.807) is 19.3 Å². The molecule has 6 nitrogen and oxygen atoms in total. The van der Waals surface area contributed by atoms with Gasteiger partial charge in [0.2, 0.25) is 5.91 Å². The van der Waals surface area contributed by atoms with E-state index in [1.807, 2.05) is 0 Å². The number of aromatic carboxylic acids is 1. The number of aromatic nitrogens is 1. The highest BCUT2D eigenvalue weighted by molar-refractivity contribution is 5.86. The number of carbonyl (C=O) groups is 2. The Balaban J connectivity index is 1.97. The first kappa shape index (κ1) is 14.6. The van der Waals surface area contributed by atoms with Gasteiger partial charge in [0.1, 0.15) is 12.2 Å². The van der Waals surface area contributed by atoms with Crippen LogP contribution >= 0.6 is 0 Å². The van der Waals surface area contributed by atoms with E-state index in [9.17, 15) is 14.7 Å². The number of hydrogen-bond donors (Lipinski definition) is 2. The molecule has 0 aliphatic heterocycles. The Morgan fingerprint density at radius 2 is 2.05 bits per heavy atom. The lowest BCUT2D eigenvalue weighted by Crippen LogP contribution is -2.43. The van der Waals surface area contributed by atoms with Crippen molar-refractivity contribution in [3.63, 3.8) is 0 Å². The SMILES string of the molecule is CN(CC1(O)CCCC1)C(=O)Cn1cccc1C(=O)O. The summed E-state index contributed by atoms with van der Waals surface area (Å²) in [5, 5.41) is 19.3. The molecular formula is C14H20N2O4. The van der Waals surface area contributed by atoms with Gasteiger partial charge in [0, 0.05) is 19.8 Å². The molecular weight excluding hydrogens is 260 g/mol. The van der Waals surface area contributed by atoms with Gasteiger partial charge in [0.15, 0.2) is 0 Å². The van der Waals surface area contributed by atoms with E-state index in [0.29, 0.717) is 19.4 Å². The molecule has 1 saturated carbocycles. The van der Waals surface area contributed by atoms with Crippen molar-refractivity contribution >= 4 is 11.9 Å². The number of aliphatic hydroxyl groups is 1. The number of carboxylic acid groups (broad SMARTS) is 1. The lowest BCUT2D eigenvalue weighted by Gasteiger charge is -2.28. The molecule has 110 valence electrons. The van der Waals surface area contributed by atoms with Crippen molar-refractivity contribution in [2.75, 3.05) is 13.6 Å². The van der Waals surface area contributed by atoms with Crippen molar-refractivity contribution in [2.24, 2.45) is 0 Å². The Morgan fingerprint density at radius 1 is 1.40 bits per heavy atom. The minimum Gasteiger partial charge on any atom is -0.477 e. The van der Waals surface area contributed by atoms with Crippen LogP contribution in [0.5, 0.6) is 0 Å². The Labute approximate surface area is 117 Å². The predicted molar refractivity (Wildman–Crippen MR) is 72.4 cm³/mol. The molecule has 1 amide bonds. The van der Waals surface area contributed by atoms with Crippen LogP contribution in [0.1, 0.15) is 36.2 Å². The molecule has 0 bridgehead atoms. The number of hydrogen-bond acceptors (Lipinski definition) is 3. The van der Waals surface area contributed by atoms with Gasteiger partial charge in [-0.3, -0.25) is 4.79 Å². The van der Waals surface area contributed by atoms with Crippen molar-refractivity contribution in [1.29, 1.82) is 0 Å². The third kappa shape index (κ3) is 3.19. The molecule has 1 aliphatic rings. The highest BCUT2D eigenvalue weighted by atomic mass is 16.4. The summed E-state index contributed by atoms with van der Waals surface area (Å²) < 4.78 is 1.40. The molecule has 1 fully saturated rings. The normalized spacial score (nSPS) is 17.1. The van der Waals surface area contributed by atoms with Crippen LogP contribution in [0.15, 0.2) is 18.3 Å². The molecule has 1 aromatic heterocycles. The number of amides is 1. The van der Waals surface area contributed by atoms with Crippen molar-refractivity contribution in [1.82, 2.24) is 9.47 Å². The summed E-state index contributed by atoms with van der Waals surface area (Å²) in [7, 11) is 1.64. The van der Waals surface area contributed by atoms with E-state index in [-0.39, 0.29) is 18.1 Å². The average molecular weight is 280 g/mol. The molecule has 2 rings (SSSR count). The van der Waals surface area contributed by atoms with E-state index in [4.69, 9.17) is 5.11 Å². The van der Waals surface area contributed by atoms with Gasteiger partial charge >= 0.3 is 5.97 Å². The molecule has 0 radical (unpaired) electrons. The van der Waals surface area contributed by atoms with Gasteiger partial charge in [-0.1, -0.05) is 12.8 Å². The zero-order chi connectivity index (χ0) is 14.8. The predicted octanol–water partition coefficient (Wildman–Crippen LogP) is 0.950. The summed E-state index contributed by atoms with van der Waals surface area (Å²) in [4.78, 5) is 24.6. The van der Waals surface area contributed by atoms with E-state index in [2.05, 4.69) is 0 Å². The molecule has 1 aliphatic carbocycles. The van der Waals surface area contributed by atoms with Crippen LogP contribution in [0, 0.1) is 0 Å². The van der Waals surface area contributed by atoms with Crippen LogP contribution in [-0.2, 0) is 11.3 Å². The Bertz CT molecular complexity index is 503. The summed E-state index contributed by atoms with van der Waals surface area (Å²) in [6, 6.07) is 3.06. The van der Waals surface area contributed by atoms with Crippen LogP contribution in [-0.4, -0.2) is 50.8 Å². The minimum absolute atomic E-state index is 0.0266. The summed E-state index contributed by atoms with van der Waals surface area (Å²) in [6.45, 7) is 0.275. The quantitative estimate of drug-likeness (QED) is 0.841. The lowest BCUT2D eigenvalue weighted by molar-refractivity contribution is -0.133. The molecule has 0 saturated heterocycles. The number of rotatable bonds is 5. The van der Waals surface area contributed by atoms with Gasteiger partial charge in [0.25, 0.3) is 0 Å². The Hall–Kier alpha value is -1.82. The first-order valence-electron chi connectivity index (χ1n) is 6.76. The molecule has 0 unspecified atom stereocenters. The average Bonchev–Trinajstić information content (AvgIpc) is 2.98. The van der Waals surface area contributed by atoms with Crippen LogP contribution in [0.2, 0.25) is 0 Å². The monoisotopic (exact) mass is 280 g/mol. The summed E-state index contributed by atoms with van der Waals surface area (Å²) in [6.07, 6.45) is 4.97. The standard InChI is InChI=1S/C14H20N2O4/c1-15(10-14(20)6-2-3-7-14)12(17)9-16-8-4-5-11(16)13(18)19/h4-5,8,20H,2-3,6-7,9-10H2,1H3,(H,18,19). The Morgan fingerprint density at radius 3 is 2.65 bits per heavy atom. The van der Waals surface area contributed by atoms with Gasteiger partial charge < -0.3 is 19.7 Å². The highest BCUT2D eigenvalue weighted by Crippen LogP contribution is 2.29. The van der Waals surface area contributed by atoms with E-state index in [1.165, 1.54) is 15.5 Å². The summed E-state index contributed by atoms with van der Waals surface area (Å²) >= 11 is 0. The van der Waals surface area contributed by atoms with E-state index in [0.717, 1.165) is 12.8 Å². The number of carboxylic acids is 1. The van der Waals surface area contributed by atoms with Crippen LogP contribution in [0.3, 0.4) is 0 Å². The molecule has 1 heterocycles. The zero-order valence-corrected chi connectivity index (χ0v) is 11.6. The summed E-state index contributed by atoms with van der Waals surface area (Å²) in [5.74, 6) is -1.26. The summed E-state index contributed by atoms with van der Waals surface area (Å²) in [5.41, 5.74) is -0.692. The van der Waals surface area contributed by atoms with Crippen molar-refractivity contribution < 1.29 is 19.8 Å². The molecule has 1 aromatic rings. The second-order valence-corrected chi connectivity index (χ2v) is 5.51. The van der Waals surface area contributed by atoms with Crippen LogP contribution in [0.25, 0.3) is 0 Å². The molecule has 0 spiro atoms. The van der Waals surface area contributed by atoms with Crippen LogP contribution < -0.4 is 0 Å². The molecule has 20 heavy (non-hydrogen) atoms. The van der Waals surface area contributed by atoms with Crippen LogP contribution in [0.4, 0.5) is 0 Å². The number of likely N-dealkylation sites (N-methyl/N-ethyl adjacent to an activating group) is 1. The maximum atomic E-state index is 12.1. The van der Waals surface area contributed by atoms with Gasteiger partial charge in [-0.2, -0.15) is 0 Å². The fourth-order valence-corrected chi connectivity index (χ4v) is 2.73. The molecule has 0 aromatic carbocycles. The maximum Gasteiger partial charge on any atom is 0.352 e. The maximum absolute atomic E-state index is 12.1. The largest absolute Gasteiger partial charge is 0.477 e. The van der Waals surface area contributed by atoms with Gasteiger partial charge in [-0.15, -0.1) is 0 Å². The van der Waals surface area contributed by atoms with Gasteiger partial charge in [0.05, 0.1) is 5.60 Å². The first-order chi connectivity index (χ1) is 9.41. The zero-order valence-electron chi connectivity index (χ0n) is 11.6. The topological polar surface area (TPSA) is 82.8 Å². The van der Waals surface area contributed by atoms with E-state index < -0.39 is 11.6 Å². The van der Waals surface area contributed by atoms with Crippen molar-refractivity contribution in [2.45, 2.75) is 37.8 Å². The highest BCUT2D eigenvalue weighted by Gasteiger charge is 2.33.